The van der Waals surface area contributed by atoms with E-state index < -0.39 is 28.0 Å². The third-order valence-corrected chi connectivity index (χ3v) is 10.9. The Morgan fingerprint density at radius 1 is 0.923 bits per heavy atom. The van der Waals surface area contributed by atoms with Gasteiger partial charge in [0.15, 0.2) is 0 Å². The summed E-state index contributed by atoms with van der Waals surface area (Å²) >= 11 is 2.80. The number of benzene rings is 3. The second kappa shape index (κ2) is 18.3. The highest BCUT2D eigenvalue weighted by Crippen LogP contribution is 2.38. The molecule has 0 radical (unpaired) electrons. The van der Waals surface area contributed by atoms with Crippen molar-refractivity contribution in [1.82, 2.24) is 5.32 Å². The van der Waals surface area contributed by atoms with Gasteiger partial charge in [-0.05, 0) is 98.7 Å². The first-order chi connectivity index (χ1) is 25.2. The van der Waals surface area contributed by atoms with Gasteiger partial charge in [0.1, 0.15) is 10.7 Å². The molecule has 1 heterocycles. The molecule has 5 rings (SSSR count). The number of aryl methyl sites for hydroxylation is 1. The Hall–Kier alpha value is -5.27. The van der Waals surface area contributed by atoms with Crippen molar-refractivity contribution >= 4 is 69.2 Å². The quantitative estimate of drug-likeness (QED) is 0.0406. The maximum atomic E-state index is 13.7. The van der Waals surface area contributed by atoms with Crippen LogP contribution in [0.25, 0.3) is 6.08 Å². The number of nitrogens with one attached hydrogen (secondary N) is 3. The van der Waals surface area contributed by atoms with Gasteiger partial charge in [-0.1, -0.05) is 44.0 Å². The summed E-state index contributed by atoms with van der Waals surface area (Å²) in [6, 6.07) is 21.0. The number of nitrogens with zero attached hydrogens (tertiary/aromatic N) is 1. The van der Waals surface area contributed by atoms with Crippen LogP contribution >= 0.6 is 23.1 Å². The zero-order valence-electron chi connectivity index (χ0n) is 28.9. The fourth-order valence-electron chi connectivity index (χ4n) is 5.75. The van der Waals surface area contributed by atoms with E-state index in [9.17, 15) is 29.3 Å². The number of nitro groups is 1. The number of hydrogen-bond donors (Lipinski definition) is 3. The molecule has 0 saturated heterocycles. The van der Waals surface area contributed by atoms with E-state index in [0.717, 1.165) is 53.9 Å². The van der Waals surface area contributed by atoms with Crippen LogP contribution in [0.4, 0.5) is 16.4 Å². The van der Waals surface area contributed by atoms with Crippen LogP contribution in [0.3, 0.4) is 0 Å². The van der Waals surface area contributed by atoms with Gasteiger partial charge in [0.25, 0.3) is 17.5 Å². The topological polar surface area (TPSA) is 157 Å². The Bertz CT molecular complexity index is 1960. The third-order valence-electron chi connectivity index (χ3n) is 8.36. The van der Waals surface area contributed by atoms with Gasteiger partial charge in [0.05, 0.1) is 22.3 Å². The van der Waals surface area contributed by atoms with Gasteiger partial charge in [-0.15, -0.1) is 23.1 Å². The van der Waals surface area contributed by atoms with E-state index in [2.05, 4.69) is 16.0 Å². The standard InChI is InChI=1S/C39H40N4O7S2/c1-3-32(37(46)42-38-34(39(47)50-4-2)30-17-10-5-6-11-18-33(30)52-38)51-29-16-12-15-27(24-29)40-36(45)31(41-35(44)26-13-8-7-9-14-26)23-25-19-21-28(22-20-25)43(48)49/h7-9,12-16,19-24,32H,3-6,10-11,17-18H2,1-2H3,(H,40,45)(H,41,44)(H,42,46)/b31-23+. The van der Waals surface area contributed by atoms with Gasteiger partial charge in [0, 0.05) is 33.2 Å². The van der Waals surface area contributed by atoms with Crippen molar-refractivity contribution in [3.05, 3.63) is 122 Å². The Morgan fingerprint density at radius 2 is 1.65 bits per heavy atom. The smallest absolute Gasteiger partial charge is 0.341 e. The van der Waals surface area contributed by atoms with Crippen LogP contribution in [0, 0.1) is 10.1 Å². The molecule has 0 bridgehead atoms. The Labute approximate surface area is 310 Å². The normalized spacial score (nSPS) is 13.5. The molecule has 0 saturated carbocycles. The molecule has 52 heavy (non-hydrogen) atoms. The molecule has 0 aliphatic heterocycles. The third kappa shape index (κ3) is 9.95. The van der Waals surface area contributed by atoms with E-state index in [-0.39, 0.29) is 23.9 Å². The SMILES string of the molecule is CCOC(=O)c1c(NC(=O)C(CC)Sc2cccc(NC(=O)/C(=C\c3ccc([N+](=O)[O-])cc3)NC(=O)c3ccccc3)c2)sc2c1CCCCCC2. The molecular weight excluding hydrogens is 701 g/mol. The molecular formula is C39H40N4O7S2. The molecule has 3 amide bonds. The maximum Gasteiger partial charge on any atom is 0.341 e. The molecule has 1 unspecified atom stereocenters. The number of rotatable bonds is 13. The summed E-state index contributed by atoms with van der Waals surface area (Å²) in [5.74, 6) is -1.77. The number of fused-ring (bicyclic) bond motifs is 1. The summed E-state index contributed by atoms with van der Waals surface area (Å²) < 4.78 is 5.41. The summed E-state index contributed by atoms with van der Waals surface area (Å²) in [7, 11) is 0. The Kier molecular flexibility index (Phi) is 13.4. The van der Waals surface area contributed by atoms with Crippen molar-refractivity contribution in [3.8, 4) is 0 Å². The minimum absolute atomic E-state index is 0.0750. The molecule has 1 atom stereocenters. The van der Waals surface area contributed by atoms with E-state index >= 15 is 0 Å². The van der Waals surface area contributed by atoms with Gasteiger partial charge in [-0.25, -0.2) is 4.79 Å². The fraction of sp³-hybridized carbons (Fsp3) is 0.282. The van der Waals surface area contributed by atoms with Crippen molar-refractivity contribution in [2.45, 2.75) is 68.9 Å². The van der Waals surface area contributed by atoms with Crippen molar-refractivity contribution in [2.75, 3.05) is 17.2 Å². The lowest BCUT2D eigenvalue weighted by Crippen LogP contribution is -2.30. The zero-order chi connectivity index (χ0) is 37.0. The molecule has 3 aromatic carbocycles. The number of non-ortho nitro benzene ring substituents is 1. The lowest BCUT2D eigenvalue weighted by atomic mass is 9.96. The minimum Gasteiger partial charge on any atom is -0.462 e. The summed E-state index contributed by atoms with van der Waals surface area (Å²) in [6.45, 7) is 3.92. The monoisotopic (exact) mass is 740 g/mol. The van der Waals surface area contributed by atoms with Crippen LogP contribution in [-0.2, 0) is 27.2 Å². The average molecular weight is 741 g/mol. The molecule has 3 N–H and O–H groups in total. The van der Waals surface area contributed by atoms with Gasteiger partial charge in [-0.3, -0.25) is 24.5 Å². The van der Waals surface area contributed by atoms with Gasteiger partial charge < -0.3 is 20.7 Å². The lowest BCUT2D eigenvalue weighted by molar-refractivity contribution is -0.384. The largest absolute Gasteiger partial charge is 0.462 e. The molecule has 0 spiro atoms. The van der Waals surface area contributed by atoms with E-state index in [1.807, 2.05) is 13.0 Å². The number of nitro benzene ring substituents is 1. The zero-order valence-corrected chi connectivity index (χ0v) is 30.6. The number of esters is 1. The van der Waals surface area contributed by atoms with E-state index in [1.165, 1.54) is 53.4 Å². The van der Waals surface area contributed by atoms with Gasteiger partial charge in [-0.2, -0.15) is 0 Å². The number of amides is 3. The molecule has 270 valence electrons. The second-order valence-corrected chi connectivity index (χ2v) is 14.4. The maximum absolute atomic E-state index is 13.7. The van der Waals surface area contributed by atoms with Gasteiger partial charge in [0.2, 0.25) is 5.91 Å². The van der Waals surface area contributed by atoms with Crippen molar-refractivity contribution in [3.63, 3.8) is 0 Å². The lowest BCUT2D eigenvalue weighted by Gasteiger charge is -2.16. The summed E-state index contributed by atoms with van der Waals surface area (Å²) in [4.78, 5) is 65.9. The summed E-state index contributed by atoms with van der Waals surface area (Å²) in [6.07, 6.45) is 7.85. The van der Waals surface area contributed by atoms with Crippen molar-refractivity contribution < 1.29 is 28.8 Å². The van der Waals surface area contributed by atoms with E-state index in [0.29, 0.717) is 33.8 Å². The number of carbonyl (C=O) groups is 4. The average Bonchev–Trinajstić information content (AvgIpc) is 3.46. The number of carbonyl (C=O) groups excluding carboxylic acids is 4. The van der Waals surface area contributed by atoms with Crippen LogP contribution in [0.1, 0.15) is 82.7 Å². The van der Waals surface area contributed by atoms with E-state index in [1.54, 1.807) is 55.5 Å². The first-order valence-corrected chi connectivity index (χ1v) is 18.9. The predicted molar refractivity (Wildman–Crippen MR) is 205 cm³/mol. The Morgan fingerprint density at radius 3 is 2.35 bits per heavy atom. The minimum atomic E-state index is -0.616. The number of hydrogen-bond acceptors (Lipinski definition) is 9. The van der Waals surface area contributed by atoms with E-state index in [4.69, 9.17) is 4.74 Å². The fourth-order valence-corrected chi connectivity index (χ4v) is 8.05. The Balaban J connectivity index is 1.33. The molecule has 13 heteroatoms. The molecule has 1 aromatic heterocycles. The summed E-state index contributed by atoms with van der Waals surface area (Å²) in [5.41, 5.74) is 2.52. The number of ether oxygens (including phenoxy) is 1. The van der Waals surface area contributed by atoms with Crippen LogP contribution in [0.2, 0.25) is 0 Å². The summed E-state index contributed by atoms with van der Waals surface area (Å²) in [5, 5.41) is 19.7. The highest BCUT2D eigenvalue weighted by Gasteiger charge is 2.28. The van der Waals surface area contributed by atoms with Crippen LogP contribution < -0.4 is 16.0 Å². The second-order valence-electron chi connectivity index (χ2n) is 12.1. The van der Waals surface area contributed by atoms with Crippen LogP contribution in [0.15, 0.2) is 89.5 Å². The number of anilines is 2. The predicted octanol–water partition coefficient (Wildman–Crippen LogP) is 8.41. The highest BCUT2D eigenvalue weighted by molar-refractivity contribution is 8.00. The molecule has 4 aromatic rings. The highest BCUT2D eigenvalue weighted by atomic mass is 32.2. The number of thioether (sulfide) groups is 1. The van der Waals surface area contributed by atoms with Crippen LogP contribution in [0.5, 0.6) is 0 Å². The first kappa shape index (κ1) is 38.0. The molecule has 0 fully saturated rings. The molecule has 1 aliphatic carbocycles. The first-order valence-electron chi connectivity index (χ1n) is 17.2. The number of thiophene rings is 1. The van der Waals surface area contributed by atoms with Crippen LogP contribution in [-0.4, -0.2) is 40.5 Å². The van der Waals surface area contributed by atoms with Crippen molar-refractivity contribution in [2.24, 2.45) is 0 Å². The molecule has 11 nitrogen and oxygen atoms in total. The molecule has 1 aliphatic rings. The van der Waals surface area contributed by atoms with Gasteiger partial charge >= 0.3 is 5.97 Å². The van der Waals surface area contributed by atoms with Crippen molar-refractivity contribution in [1.29, 1.82) is 0 Å².